The maximum absolute atomic E-state index is 13.2. The van der Waals surface area contributed by atoms with Crippen molar-refractivity contribution < 1.29 is 4.79 Å². The number of halogens is 1. The van der Waals surface area contributed by atoms with Crippen molar-refractivity contribution in [1.29, 1.82) is 0 Å². The Balaban J connectivity index is 1.45. The van der Waals surface area contributed by atoms with E-state index in [0.29, 0.717) is 23.0 Å². The molecule has 0 aliphatic heterocycles. The first-order valence-corrected chi connectivity index (χ1v) is 11.2. The number of hydrogen-bond acceptors (Lipinski definition) is 2. The smallest absolute Gasteiger partial charge is 0.256 e. The van der Waals surface area contributed by atoms with Crippen LogP contribution in [0.25, 0.3) is 16.6 Å². The van der Waals surface area contributed by atoms with Crippen molar-refractivity contribution in [3.05, 3.63) is 119 Å². The second-order valence-corrected chi connectivity index (χ2v) is 8.32. The molecule has 0 aliphatic carbocycles. The van der Waals surface area contributed by atoms with Gasteiger partial charge in [0.1, 0.15) is 5.15 Å². The number of carbonyl (C=O) groups excluding carboxylic acids is 1. The second-order valence-electron chi connectivity index (χ2n) is 7.96. The molecule has 0 fully saturated rings. The van der Waals surface area contributed by atoms with Crippen LogP contribution in [0.15, 0.2) is 91.1 Å². The van der Waals surface area contributed by atoms with Crippen LogP contribution in [0.3, 0.4) is 0 Å². The van der Waals surface area contributed by atoms with Gasteiger partial charge in [0, 0.05) is 29.6 Å². The first-order chi connectivity index (χ1) is 16.1. The molecular formula is C27H23ClN4O. The summed E-state index contributed by atoms with van der Waals surface area (Å²) in [6, 6.07) is 28.0. The summed E-state index contributed by atoms with van der Waals surface area (Å²) in [6.45, 7) is 2.23. The molecule has 0 spiro atoms. The van der Waals surface area contributed by atoms with E-state index in [9.17, 15) is 4.79 Å². The summed E-state index contributed by atoms with van der Waals surface area (Å²) in [4.78, 5) is 16.6. The van der Waals surface area contributed by atoms with Crippen molar-refractivity contribution >= 4 is 28.4 Å². The molecule has 0 saturated heterocycles. The fourth-order valence-electron chi connectivity index (χ4n) is 4.26. The molecule has 0 saturated carbocycles. The lowest BCUT2D eigenvalue weighted by molar-refractivity contribution is 0.0952. The first-order valence-electron chi connectivity index (χ1n) is 10.8. The van der Waals surface area contributed by atoms with E-state index in [1.165, 1.54) is 0 Å². The maximum Gasteiger partial charge on any atom is 0.256 e. The first kappa shape index (κ1) is 21.0. The number of fused-ring (bicyclic) bond motifs is 1. The number of carbonyl (C=O) groups is 1. The Bertz CT molecular complexity index is 1410. The molecule has 5 nitrogen and oxygen atoms in total. The average molecular weight is 455 g/mol. The quantitative estimate of drug-likeness (QED) is 0.336. The van der Waals surface area contributed by atoms with E-state index in [2.05, 4.69) is 39.7 Å². The van der Waals surface area contributed by atoms with Crippen LogP contribution in [0, 0.1) is 6.92 Å². The highest BCUT2D eigenvalue weighted by Gasteiger charge is 2.24. The Kier molecular flexibility index (Phi) is 5.71. The van der Waals surface area contributed by atoms with Crippen molar-refractivity contribution in [1.82, 2.24) is 20.1 Å². The predicted octanol–water partition coefficient (Wildman–Crippen LogP) is 5.88. The Hall–Kier alpha value is -3.83. The number of aromatic amines is 1. The summed E-state index contributed by atoms with van der Waals surface area (Å²) in [6.07, 6.45) is 2.03. The molecule has 1 unspecified atom stereocenters. The minimum Gasteiger partial charge on any atom is -0.361 e. The number of benzene rings is 3. The van der Waals surface area contributed by atoms with Crippen LogP contribution in [0.4, 0.5) is 0 Å². The van der Waals surface area contributed by atoms with Gasteiger partial charge in [-0.05, 0) is 36.2 Å². The molecule has 2 heterocycles. The predicted molar refractivity (Wildman–Crippen MR) is 132 cm³/mol. The van der Waals surface area contributed by atoms with Crippen molar-refractivity contribution in [2.75, 3.05) is 6.54 Å². The Morgan fingerprint density at radius 3 is 2.42 bits per heavy atom. The number of aromatic nitrogens is 3. The van der Waals surface area contributed by atoms with Crippen LogP contribution in [-0.4, -0.2) is 27.2 Å². The summed E-state index contributed by atoms with van der Waals surface area (Å²) in [5.41, 5.74) is 5.13. The van der Waals surface area contributed by atoms with Crippen molar-refractivity contribution in [2.45, 2.75) is 12.8 Å². The van der Waals surface area contributed by atoms with E-state index < -0.39 is 0 Å². The van der Waals surface area contributed by atoms with Crippen LogP contribution < -0.4 is 5.32 Å². The maximum atomic E-state index is 13.2. The van der Waals surface area contributed by atoms with Gasteiger partial charge in [-0.3, -0.25) is 4.79 Å². The number of nitrogens with zero attached hydrogens (tertiary/aromatic N) is 2. The fraction of sp³-hybridized carbons (Fsp3) is 0.111. The standard InChI is InChI=1S/C27H23ClN4O/c1-18-25(26(28)32(31-18)20-12-6-3-7-13-20)27(33)30-16-22(19-10-4-2-5-11-19)23-17-29-24-15-9-8-14-21(23)24/h2-15,17,22,29H,16H2,1H3,(H,30,33). The SMILES string of the molecule is Cc1nn(-c2ccccc2)c(Cl)c1C(=O)NCC(c1ccccc1)c1c[nH]c2ccccc12. The molecular weight excluding hydrogens is 432 g/mol. The molecule has 0 bridgehead atoms. The number of amides is 1. The molecule has 0 radical (unpaired) electrons. The van der Waals surface area contributed by atoms with Crippen molar-refractivity contribution in [3.8, 4) is 5.69 Å². The summed E-state index contributed by atoms with van der Waals surface area (Å²) >= 11 is 6.60. The molecule has 0 aliphatic rings. The van der Waals surface area contributed by atoms with Gasteiger partial charge in [-0.2, -0.15) is 5.10 Å². The molecule has 6 heteroatoms. The highest BCUT2D eigenvalue weighted by atomic mass is 35.5. The highest BCUT2D eigenvalue weighted by molar-refractivity contribution is 6.33. The van der Waals surface area contributed by atoms with Crippen LogP contribution >= 0.6 is 11.6 Å². The topological polar surface area (TPSA) is 62.7 Å². The second kappa shape index (κ2) is 8.96. The lowest BCUT2D eigenvalue weighted by Gasteiger charge is -2.18. The average Bonchev–Trinajstić information content (AvgIpc) is 3.41. The Morgan fingerprint density at radius 1 is 1.00 bits per heavy atom. The summed E-state index contributed by atoms with van der Waals surface area (Å²) in [5.74, 6) is -0.255. The number of rotatable bonds is 6. The number of para-hydroxylation sites is 2. The largest absolute Gasteiger partial charge is 0.361 e. The van der Waals surface area contributed by atoms with E-state index in [-0.39, 0.29) is 11.8 Å². The molecule has 164 valence electrons. The van der Waals surface area contributed by atoms with Gasteiger partial charge in [0.05, 0.1) is 16.9 Å². The van der Waals surface area contributed by atoms with Gasteiger partial charge in [0.2, 0.25) is 0 Å². The third-order valence-electron chi connectivity index (χ3n) is 5.90. The number of aryl methyl sites for hydroxylation is 1. The van der Waals surface area contributed by atoms with Gasteiger partial charge in [-0.1, -0.05) is 78.3 Å². The molecule has 1 atom stereocenters. The lowest BCUT2D eigenvalue weighted by atomic mass is 9.91. The molecule has 33 heavy (non-hydrogen) atoms. The van der Waals surface area contributed by atoms with Gasteiger partial charge < -0.3 is 10.3 Å². The number of hydrogen-bond donors (Lipinski definition) is 2. The molecule has 5 aromatic rings. The van der Waals surface area contributed by atoms with Gasteiger partial charge in [0.15, 0.2) is 0 Å². The fourth-order valence-corrected chi connectivity index (χ4v) is 4.61. The van der Waals surface area contributed by atoms with Gasteiger partial charge in [0.25, 0.3) is 5.91 Å². The summed E-state index contributed by atoms with van der Waals surface area (Å²) < 4.78 is 1.60. The Labute approximate surface area is 197 Å². The van der Waals surface area contributed by atoms with Crippen LogP contribution in [0.1, 0.15) is 33.1 Å². The summed E-state index contributed by atoms with van der Waals surface area (Å²) in [5, 5.41) is 9.05. The minimum atomic E-state index is -0.236. The zero-order valence-electron chi connectivity index (χ0n) is 18.1. The van der Waals surface area contributed by atoms with Crippen LogP contribution in [-0.2, 0) is 0 Å². The minimum absolute atomic E-state index is 0.0189. The normalized spacial score (nSPS) is 12.1. The zero-order chi connectivity index (χ0) is 22.8. The monoisotopic (exact) mass is 454 g/mol. The van der Waals surface area contributed by atoms with Crippen molar-refractivity contribution in [3.63, 3.8) is 0 Å². The third-order valence-corrected chi connectivity index (χ3v) is 6.25. The van der Waals surface area contributed by atoms with Gasteiger partial charge >= 0.3 is 0 Å². The van der Waals surface area contributed by atoms with E-state index >= 15 is 0 Å². The summed E-state index contributed by atoms with van der Waals surface area (Å²) in [7, 11) is 0. The van der Waals surface area contributed by atoms with Gasteiger partial charge in [-0.15, -0.1) is 0 Å². The molecule has 2 aromatic heterocycles. The van der Waals surface area contributed by atoms with Crippen molar-refractivity contribution in [2.24, 2.45) is 0 Å². The van der Waals surface area contributed by atoms with E-state index in [4.69, 9.17) is 11.6 Å². The zero-order valence-corrected chi connectivity index (χ0v) is 18.9. The molecule has 1 amide bonds. The van der Waals surface area contributed by atoms with E-state index in [1.807, 2.05) is 66.9 Å². The molecule has 2 N–H and O–H groups in total. The third kappa shape index (κ3) is 4.03. The molecule has 3 aromatic carbocycles. The van der Waals surface area contributed by atoms with Crippen LogP contribution in [0.2, 0.25) is 5.15 Å². The number of H-pyrrole nitrogens is 1. The molecule has 5 rings (SSSR count). The Morgan fingerprint density at radius 2 is 1.67 bits per heavy atom. The highest BCUT2D eigenvalue weighted by Crippen LogP contribution is 2.31. The lowest BCUT2D eigenvalue weighted by Crippen LogP contribution is -2.29. The van der Waals surface area contributed by atoms with Crippen LogP contribution in [0.5, 0.6) is 0 Å². The van der Waals surface area contributed by atoms with Gasteiger partial charge in [-0.25, -0.2) is 4.68 Å². The van der Waals surface area contributed by atoms with E-state index in [0.717, 1.165) is 27.7 Å². The van der Waals surface area contributed by atoms with E-state index in [1.54, 1.807) is 11.6 Å². The number of nitrogens with one attached hydrogen (secondary N) is 2.